The van der Waals surface area contributed by atoms with Crippen LogP contribution in [0.3, 0.4) is 0 Å². The predicted octanol–water partition coefficient (Wildman–Crippen LogP) is 3.53. The van der Waals surface area contributed by atoms with E-state index in [1.165, 1.54) is 10.9 Å². The fourth-order valence-electron chi connectivity index (χ4n) is 2.05. The molecule has 0 radical (unpaired) electrons. The summed E-state index contributed by atoms with van der Waals surface area (Å²) in [6, 6.07) is 4.83. The van der Waals surface area contributed by atoms with Gasteiger partial charge in [0.15, 0.2) is 11.5 Å². The second-order valence-electron chi connectivity index (χ2n) is 5.47. The van der Waals surface area contributed by atoms with E-state index in [9.17, 15) is 10.2 Å². The molecule has 0 aliphatic rings. The van der Waals surface area contributed by atoms with Crippen LogP contribution in [0.4, 0.5) is 0 Å². The first kappa shape index (κ1) is 15.8. The standard InChI is InChI=1S/C16H22N2O2S/c1-4-12-15(9-17-8-10(2)3)21-16(18-12)11-5-6-13(19)14(20)7-11/h5-7,10,17,19-20H,4,8-9H2,1-3H3. The van der Waals surface area contributed by atoms with Gasteiger partial charge in [-0.3, -0.25) is 0 Å². The zero-order valence-electron chi connectivity index (χ0n) is 12.7. The van der Waals surface area contributed by atoms with Gasteiger partial charge in [0.05, 0.1) is 5.69 Å². The van der Waals surface area contributed by atoms with Gasteiger partial charge in [-0.05, 0) is 37.1 Å². The van der Waals surface area contributed by atoms with E-state index in [4.69, 9.17) is 0 Å². The Morgan fingerprint density at radius 3 is 2.62 bits per heavy atom. The third-order valence-electron chi connectivity index (χ3n) is 3.17. The van der Waals surface area contributed by atoms with E-state index in [1.54, 1.807) is 23.5 Å². The molecule has 0 saturated heterocycles. The summed E-state index contributed by atoms with van der Waals surface area (Å²) in [4.78, 5) is 5.89. The van der Waals surface area contributed by atoms with Gasteiger partial charge in [0, 0.05) is 17.0 Å². The Morgan fingerprint density at radius 2 is 2.00 bits per heavy atom. The second-order valence-corrected chi connectivity index (χ2v) is 6.55. The Kier molecular flexibility index (Phi) is 5.20. The quantitative estimate of drug-likeness (QED) is 0.714. The van der Waals surface area contributed by atoms with Gasteiger partial charge in [0.2, 0.25) is 0 Å². The normalized spacial score (nSPS) is 11.2. The summed E-state index contributed by atoms with van der Waals surface area (Å²) in [6.45, 7) is 8.27. The molecule has 114 valence electrons. The lowest BCUT2D eigenvalue weighted by atomic mass is 10.2. The highest BCUT2D eigenvalue weighted by molar-refractivity contribution is 7.15. The van der Waals surface area contributed by atoms with E-state index in [2.05, 4.69) is 31.1 Å². The average molecular weight is 306 g/mol. The number of thiazole rings is 1. The van der Waals surface area contributed by atoms with Crippen molar-refractivity contribution in [3.05, 3.63) is 28.8 Å². The molecule has 21 heavy (non-hydrogen) atoms. The maximum atomic E-state index is 9.61. The van der Waals surface area contributed by atoms with Crippen molar-refractivity contribution in [1.29, 1.82) is 0 Å². The van der Waals surface area contributed by atoms with Crippen molar-refractivity contribution in [2.45, 2.75) is 33.7 Å². The Labute approximate surface area is 129 Å². The molecule has 0 amide bonds. The smallest absolute Gasteiger partial charge is 0.158 e. The first-order valence-electron chi connectivity index (χ1n) is 7.22. The number of rotatable bonds is 6. The molecular weight excluding hydrogens is 284 g/mol. The summed E-state index contributed by atoms with van der Waals surface area (Å²) in [6.07, 6.45) is 0.888. The van der Waals surface area contributed by atoms with Gasteiger partial charge in [0.1, 0.15) is 5.01 Å². The molecule has 0 unspecified atom stereocenters. The molecule has 0 spiro atoms. The number of hydrogen-bond donors (Lipinski definition) is 3. The van der Waals surface area contributed by atoms with E-state index < -0.39 is 0 Å². The van der Waals surface area contributed by atoms with Gasteiger partial charge in [-0.1, -0.05) is 20.8 Å². The maximum Gasteiger partial charge on any atom is 0.158 e. The SMILES string of the molecule is CCc1nc(-c2ccc(O)c(O)c2)sc1CNCC(C)C. The minimum absolute atomic E-state index is 0.107. The summed E-state index contributed by atoms with van der Waals surface area (Å²) in [5.74, 6) is 0.404. The zero-order chi connectivity index (χ0) is 15.4. The number of phenolic OH excluding ortho intramolecular Hbond substituents is 2. The highest BCUT2D eigenvalue weighted by Gasteiger charge is 2.12. The predicted molar refractivity (Wildman–Crippen MR) is 86.8 cm³/mol. The van der Waals surface area contributed by atoms with Crippen molar-refractivity contribution in [2.75, 3.05) is 6.54 Å². The van der Waals surface area contributed by atoms with Crippen LogP contribution in [0, 0.1) is 5.92 Å². The van der Waals surface area contributed by atoms with Crippen LogP contribution in [-0.2, 0) is 13.0 Å². The first-order valence-corrected chi connectivity index (χ1v) is 8.04. The zero-order valence-corrected chi connectivity index (χ0v) is 13.5. The van der Waals surface area contributed by atoms with E-state index in [0.29, 0.717) is 5.92 Å². The highest BCUT2D eigenvalue weighted by atomic mass is 32.1. The van der Waals surface area contributed by atoms with Crippen molar-refractivity contribution < 1.29 is 10.2 Å². The highest BCUT2D eigenvalue weighted by Crippen LogP contribution is 2.34. The van der Waals surface area contributed by atoms with Gasteiger partial charge >= 0.3 is 0 Å². The van der Waals surface area contributed by atoms with Crippen molar-refractivity contribution in [1.82, 2.24) is 10.3 Å². The molecule has 0 aliphatic heterocycles. The summed E-state index contributed by atoms with van der Waals surface area (Å²) < 4.78 is 0. The molecule has 0 fully saturated rings. The molecular formula is C16H22N2O2S. The van der Waals surface area contributed by atoms with E-state index in [1.807, 2.05) is 0 Å². The minimum atomic E-state index is -0.111. The van der Waals surface area contributed by atoms with Gasteiger partial charge in [-0.15, -0.1) is 11.3 Å². The summed E-state index contributed by atoms with van der Waals surface area (Å²) in [5, 5.41) is 23.3. The van der Waals surface area contributed by atoms with Crippen molar-refractivity contribution >= 4 is 11.3 Å². The van der Waals surface area contributed by atoms with Crippen LogP contribution < -0.4 is 5.32 Å². The first-order chi connectivity index (χ1) is 10.0. The number of aromatic nitrogens is 1. The molecule has 3 N–H and O–H groups in total. The molecule has 5 heteroatoms. The number of benzene rings is 1. The fraction of sp³-hybridized carbons (Fsp3) is 0.438. The van der Waals surface area contributed by atoms with Crippen molar-refractivity contribution in [3.8, 4) is 22.1 Å². The average Bonchev–Trinajstić information content (AvgIpc) is 2.85. The Morgan fingerprint density at radius 1 is 1.24 bits per heavy atom. The number of aryl methyl sites for hydroxylation is 1. The number of hydrogen-bond acceptors (Lipinski definition) is 5. The number of aromatic hydroxyl groups is 2. The lowest BCUT2D eigenvalue weighted by Crippen LogP contribution is -2.18. The molecule has 1 aromatic carbocycles. The number of nitrogens with one attached hydrogen (secondary N) is 1. The third kappa shape index (κ3) is 3.95. The molecule has 2 rings (SSSR count). The van der Waals surface area contributed by atoms with E-state index in [-0.39, 0.29) is 11.5 Å². The molecule has 0 atom stereocenters. The Bertz CT molecular complexity index is 608. The van der Waals surface area contributed by atoms with Crippen LogP contribution >= 0.6 is 11.3 Å². The Balaban J connectivity index is 2.21. The van der Waals surface area contributed by atoms with Gasteiger partial charge in [-0.2, -0.15) is 0 Å². The Hall–Kier alpha value is -1.59. The van der Waals surface area contributed by atoms with Crippen LogP contribution in [0.15, 0.2) is 18.2 Å². The number of phenols is 2. The van der Waals surface area contributed by atoms with Gasteiger partial charge in [0.25, 0.3) is 0 Å². The summed E-state index contributed by atoms with van der Waals surface area (Å²) >= 11 is 1.64. The van der Waals surface area contributed by atoms with Crippen LogP contribution in [0.1, 0.15) is 31.3 Å². The van der Waals surface area contributed by atoms with Crippen molar-refractivity contribution in [3.63, 3.8) is 0 Å². The lowest BCUT2D eigenvalue weighted by molar-refractivity contribution is 0.404. The molecule has 4 nitrogen and oxygen atoms in total. The largest absolute Gasteiger partial charge is 0.504 e. The molecule has 2 aromatic rings. The number of nitrogens with zero attached hydrogens (tertiary/aromatic N) is 1. The fourth-order valence-corrected chi connectivity index (χ4v) is 3.17. The summed E-state index contributed by atoms with van der Waals surface area (Å²) in [5.41, 5.74) is 1.93. The monoisotopic (exact) mass is 306 g/mol. The third-order valence-corrected chi connectivity index (χ3v) is 4.32. The maximum absolute atomic E-state index is 9.61. The van der Waals surface area contributed by atoms with Crippen molar-refractivity contribution in [2.24, 2.45) is 5.92 Å². The molecule has 0 bridgehead atoms. The molecule has 0 saturated carbocycles. The van der Waals surface area contributed by atoms with Gasteiger partial charge in [-0.25, -0.2) is 4.98 Å². The van der Waals surface area contributed by atoms with Crippen LogP contribution in [0.25, 0.3) is 10.6 Å². The minimum Gasteiger partial charge on any atom is -0.504 e. The van der Waals surface area contributed by atoms with E-state index in [0.717, 1.165) is 35.8 Å². The van der Waals surface area contributed by atoms with Crippen LogP contribution in [-0.4, -0.2) is 21.7 Å². The molecule has 0 aliphatic carbocycles. The lowest BCUT2D eigenvalue weighted by Gasteiger charge is -2.06. The molecule has 1 aromatic heterocycles. The topological polar surface area (TPSA) is 65.4 Å². The van der Waals surface area contributed by atoms with E-state index >= 15 is 0 Å². The van der Waals surface area contributed by atoms with Crippen LogP contribution in [0.2, 0.25) is 0 Å². The summed E-state index contributed by atoms with van der Waals surface area (Å²) in [7, 11) is 0. The van der Waals surface area contributed by atoms with Gasteiger partial charge < -0.3 is 15.5 Å². The van der Waals surface area contributed by atoms with Crippen LogP contribution in [0.5, 0.6) is 11.5 Å². The second kappa shape index (κ2) is 6.91. The molecule has 1 heterocycles.